The van der Waals surface area contributed by atoms with Crippen molar-refractivity contribution in [1.82, 2.24) is 0 Å². The van der Waals surface area contributed by atoms with Gasteiger partial charge in [-0.3, -0.25) is 0 Å². The van der Waals surface area contributed by atoms with Crippen LogP contribution < -0.4 is 0 Å². The number of halogens is 8. The summed E-state index contributed by atoms with van der Waals surface area (Å²) in [6, 6.07) is 0. The van der Waals surface area contributed by atoms with Gasteiger partial charge in [-0.1, -0.05) is 6.58 Å². The van der Waals surface area contributed by atoms with Crippen molar-refractivity contribution in [2.24, 2.45) is 0 Å². The first-order valence-corrected chi connectivity index (χ1v) is 3.67. The number of alkyl halides is 7. The van der Waals surface area contributed by atoms with Crippen molar-refractivity contribution in [1.29, 1.82) is 0 Å². The van der Waals surface area contributed by atoms with Gasteiger partial charge in [0.2, 0.25) is 5.83 Å². The van der Waals surface area contributed by atoms with Gasteiger partial charge in [0.05, 0.1) is 0 Å². The predicted octanol–water partition coefficient (Wildman–Crippen LogP) is 2.85. The minimum Gasteiger partial charge on any atom is -0.454 e. The Hall–Kier alpha value is -1.35. The first kappa shape index (κ1) is 15.6. The highest BCUT2D eigenvalue weighted by Crippen LogP contribution is 2.46. The van der Waals surface area contributed by atoms with Gasteiger partial charge in [0.1, 0.15) is 0 Å². The van der Waals surface area contributed by atoms with E-state index in [0.29, 0.717) is 0 Å². The Morgan fingerprint density at radius 3 is 1.76 bits per heavy atom. The maximum absolute atomic E-state index is 12.4. The van der Waals surface area contributed by atoms with E-state index in [0.717, 1.165) is 0 Å². The average Bonchev–Trinajstić information content (AvgIpc) is 2.11. The van der Waals surface area contributed by atoms with Crippen molar-refractivity contribution in [2.45, 2.75) is 18.0 Å². The van der Waals surface area contributed by atoms with E-state index in [-0.39, 0.29) is 0 Å². The highest BCUT2D eigenvalue weighted by Gasteiger charge is 2.73. The minimum atomic E-state index is -6.53. The summed E-state index contributed by atoms with van der Waals surface area (Å²) in [4.78, 5) is 10.2. The number of carbonyl (C=O) groups excluding carboxylic acids is 1. The maximum atomic E-state index is 12.4. The standard InChI is InChI=1S/C7H4F8O2/c1-3(8)4(16)17-2-5(9,10)6(11,12)7(13,14)15/h1-2H2. The molecule has 0 amide bonds. The lowest BCUT2D eigenvalue weighted by atomic mass is 10.2. The van der Waals surface area contributed by atoms with E-state index >= 15 is 0 Å². The van der Waals surface area contributed by atoms with Crippen LogP contribution in [0.3, 0.4) is 0 Å². The largest absolute Gasteiger partial charge is 0.460 e. The van der Waals surface area contributed by atoms with Crippen LogP contribution in [0.4, 0.5) is 35.1 Å². The molecule has 0 spiro atoms. The molecule has 0 aliphatic heterocycles. The topological polar surface area (TPSA) is 26.3 Å². The summed E-state index contributed by atoms with van der Waals surface area (Å²) in [6.07, 6.45) is -6.53. The molecule has 0 saturated carbocycles. The molecule has 0 aliphatic carbocycles. The maximum Gasteiger partial charge on any atom is 0.460 e. The zero-order valence-electron chi connectivity index (χ0n) is 7.75. The van der Waals surface area contributed by atoms with E-state index in [1.54, 1.807) is 0 Å². The number of rotatable bonds is 4. The van der Waals surface area contributed by atoms with Crippen LogP contribution in [-0.2, 0) is 9.53 Å². The van der Waals surface area contributed by atoms with Gasteiger partial charge in [-0.15, -0.1) is 0 Å². The van der Waals surface area contributed by atoms with Crippen LogP contribution in [0.1, 0.15) is 0 Å². The monoisotopic (exact) mass is 272 g/mol. The van der Waals surface area contributed by atoms with Gasteiger partial charge in [-0.25, -0.2) is 4.79 Å². The lowest BCUT2D eigenvalue weighted by molar-refractivity contribution is -0.359. The number of esters is 1. The van der Waals surface area contributed by atoms with E-state index in [4.69, 9.17) is 0 Å². The van der Waals surface area contributed by atoms with Crippen LogP contribution in [0.25, 0.3) is 0 Å². The Labute approximate surface area is 88.8 Å². The van der Waals surface area contributed by atoms with Gasteiger partial charge in [0.15, 0.2) is 6.61 Å². The minimum absolute atomic E-state index is 1.91. The van der Waals surface area contributed by atoms with Gasteiger partial charge < -0.3 is 4.74 Å². The first-order chi connectivity index (χ1) is 7.33. The molecule has 0 N–H and O–H groups in total. The predicted molar refractivity (Wildman–Crippen MR) is 37.2 cm³/mol. The third-order valence-corrected chi connectivity index (χ3v) is 1.42. The van der Waals surface area contributed by atoms with Crippen LogP contribution >= 0.6 is 0 Å². The summed E-state index contributed by atoms with van der Waals surface area (Å²) >= 11 is 0. The van der Waals surface area contributed by atoms with Crippen molar-refractivity contribution in [3.8, 4) is 0 Å². The van der Waals surface area contributed by atoms with Crippen LogP contribution in [-0.4, -0.2) is 30.6 Å². The third kappa shape index (κ3) is 3.30. The molecule has 0 atom stereocenters. The molecular weight excluding hydrogens is 268 g/mol. The molecule has 0 aliphatic rings. The molecule has 17 heavy (non-hydrogen) atoms. The number of hydrogen-bond acceptors (Lipinski definition) is 2. The smallest absolute Gasteiger partial charge is 0.454 e. The lowest BCUT2D eigenvalue weighted by Crippen LogP contribution is -2.54. The summed E-state index contributed by atoms with van der Waals surface area (Å²) in [5, 5.41) is 0. The zero-order valence-corrected chi connectivity index (χ0v) is 7.75. The van der Waals surface area contributed by atoms with E-state index in [1.165, 1.54) is 0 Å². The van der Waals surface area contributed by atoms with Gasteiger partial charge in [-0.2, -0.15) is 35.1 Å². The summed E-state index contributed by atoms with van der Waals surface area (Å²) in [7, 11) is 0. The molecule has 0 aromatic rings. The average molecular weight is 272 g/mol. The van der Waals surface area contributed by atoms with Gasteiger partial charge in [0, 0.05) is 0 Å². The number of hydrogen-bond donors (Lipinski definition) is 0. The molecule has 0 unspecified atom stereocenters. The fourth-order valence-electron chi connectivity index (χ4n) is 0.532. The zero-order chi connectivity index (χ0) is 14.1. The molecule has 0 aromatic heterocycles. The fourth-order valence-corrected chi connectivity index (χ4v) is 0.532. The normalized spacial score (nSPS) is 13.4. The molecule has 0 bridgehead atoms. The molecule has 100 valence electrons. The van der Waals surface area contributed by atoms with Crippen molar-refractivity contribution in [3.63, 3.8) is 0 Å². The quantitative estimate of drug-likeness (QED) is 0.447. The Balaban J connectivity index is 4.80. The Morgan fingerprint density at radius 2 is 1.47 bits per heavy atom. The second-order valence-corrected chi connectivity index (χ2v) is 2.76. The van der Waals surface area contributed by atoms with Crippen molar-refractivity contribution < 1.29 is 44.7 Å². The summed E-state index contributed by atoms with van der Waals surface area (Å²) in [5.41, 5.74) is 0. The Bertz CT molecular complexity index is 318. The van der Waals surface area contributed by atoms with E-state index in [1.807, 2.05) is 0 Å². The van der Waals surface area contributed by atoms with Gasteiger partial charge >= 0.3 is 24.0 Å². The van der Waals surface area contributed by atoms with Crippen molar-refractivity contribution >= 4 is 5.97 Å². The second kappa shape index (κ2) is 4.49. The van der Waals surface area contributed by atoms with Crippen LogP contribution in [0, 0.1) is 0 Å². The number of ether oxygens (including phenoxy) is 1. The molecule has 0 radical (unpaired) electrons. The Kier molecular flexibility index (Phi) is 4.14. The van der Waals surface area contributed by atoms with Crippen LogP contribution in [0.2, 0.25) is 0 Å². The van der Waals surface area contributed by atoms with E-state index in [2.05, 4.69) is 11.3 Å². The van der Waals surface area contributed by atoms with E-state index in [9.17, 15) is 39.9 Å². The van der Waals surface area contributed by atoms with E-state index < -0.39 is 36.4 Å². The summed E-state index contributed by atoms with van der Waals surface area (Å²) in [5.74, 6) is -16.2. The molecule has 0 fully saturated rings. The van der Waals surface area contributed by atoms with Crippen molar-refractivity contribution in [2.75, 3.05) is 6.61 Å². The molecule has 0 heterocycles. The summed E-state index contributed by atoms with van der Waals surface area (Å²) < 4.78 is 98.9. The molecule has 0 rings (SSSR count). The fraction of sp³-hybridized carbons (Fsp3) is 0.571. The van der Waals surface area contributed by atoms with Crippen molar-refractivity contribution in [3.05, 3.63) is 12.4 Å². The molecule has 2 nitrogen and oxygen atoms in total. The molecule has 10 heteroatoms. The molecule has 0 saturated heterocycles. The van der Waals surface area contributed by atoms with Crippen LogP contribution in [0.15, 0.2) is 12.4 Å². The lowest BCUT2D eigenvalue weighted by Gasteiger charge is -2.27. The first-order valence-electron chi connectivity index (χ1n) is 3.67. The van der Waals surface area contributed by atoms with Gasteiger partial charge in [0.25, 0.3) is 0 Å². The Morgan fingerprint density at radius 1 is 1.06 bits per heavy atom. The SMILES string of the molecule is C=C(F)C(=O)OCC(F)(F)C(F)(F)C(F)(F)F. The number of carbonyl (C=O) groups is 1. The highest BCUT2D eigenvalue weighted by molar-refractivity contribution is 5.85. The second-order valence-electron chi connectivity index (χ2n) is 2.76. The van der Waals surface area contributed by atoms with Gasteiger partial charge in [-0.05, 0) is 0 Å². The van der Waals surface area contributed by atoms with Crippen LogP contribution in [0.5, 0.6) is 0 Å². The third-order valence-electron chi connectivity index (χ3n) is 1.42. The molecule has 0 aromatic carbocycles. The summed E-state index contributed by atoms with van der Waals surface area (Å²) in [6.45, 7) is -0.353. The molecular formula is C7H4F8O2. The highest BCUT2D eigenvalue weighted by atomic mass is 19.4.